The lowest BCUT2D eigenvalue weighted by Gasteiger charge is -2.10. The van der Waals surface area contributed by atoms with E-state index in [4.69, 9.17) is 0 Å². The molecule has 0 aliphatic rings. The summed E-state index contributed by atoms with van der Waals surface area (Å²) in [6, 6.07) is 13.1. The first-order valence-corrected chi connectivity index (χ1v) is 10.1. The molecular formula is C19H15N5O6S. The summed E-state index contributed by atoms with van der Waals surface area (Å²) in [5.74, 6) is -1.17. The molecule has 2 aromatic carbocycles. The average molecular weight is 441 g/mol. The van der Waals surface area contributed by atoms with E-state index in [-0.39, 0.29) is 27.4 Å². The Bertz CT molecular complexity index is 1230. The summed E-state index contributed by atoms with van der Waals surface area (Å²) in [7, 11) is -4.07. The summed E-state index contributed by atoms with van der Waals surface area (Å²) < 4.78 is 27.2. The molecule has 1 heterocycles. The molecule has 12 heteroatoms. The Morgan fingerprint density at radius 1 is 0.903 bits per heavy atom. The van der Waals surface area contributed by atoms with Crippen LogP contribution in [0, 0.1) is 10.1 Å². The molecule has 31 heavy (non-hydrogen) atoms. The number of amides is 2. The van der Waals surface area contributed by atoms with Gasteiger partial charge in [0.25, 0.3) is 27.5 Å². The molecule has 0 aliphatic carbocycles. The maximum absolute atomic E-state index is 12.4. The Labute approximate surface area is 176 Å². The van der Waals surface area contributed by atoms with Gasteiger partial charge >= 0.3 is 0 Å². The molecule has 0 spiro atoms. The maximum atomic E-state index is 12.4. The number of anilines is 1. The number of sulfonamides is 1. The smallest absolute Gasteiger partial charge is 0.271 e. The Kier molecular flexibility index (Phi) is 6.21. The molecule has 3 N–H and O–H groups in total. The van der Waals surface area contributed by atoms with Crippen LogP contribution in [0.4, 0.5) is 11.4 Å². The van der Waals surface area contributed by atoms with Crippen molar-refractivity contribution in [1.82, 2.24) is 15.8 Å². The third-order valence-electron chi connectivity index (χ3n) is 3.95. The van der Waals surface area contributed by atoms with E-state index in [9.17, 15) is 28.1 Å². The highest BCUT2D eigenvalue weighted by Gasteiger charge is 2.18. The first-order chi connectivity index (χ1) is 14.8. The molecule has 0 unspecified atom stereocenters. The van der Waals surface area contributed by atoms with Crippen LogP contribution < -0.4 is 15.6 Å². The fraction of sp³-hybridized carbons (Fsp3) is 0. The van der Waals surface area contributed by atoms with E-state index in [0.717, 1.165) is 6.07 Å². The number of carbonyl (C=O) groups excluding carboxylic acids is 2. The van der Waals surface area contributed by atoms with Gasteiger partial charge in [0.15, 0.2) is 0 Å². The van der Waals surface area contributed by atoms with Crippen LogP contribution in [0.2, 0.25) is 0 Å². The van der Waals surface area contributed by atoms with Crippen LogP contribution in [-0.2, 0) is 10.0 Å². The lowest BCUT2D eigenvalue weighted by molar-refractivity contribution is -0.385. The van der Waals surface area contributed by atoms with Crippen LogP contribution in [-0.4, -0.2) is 30.1 Å². The Morgan fingerprint density at radius 2 is 1.58 bits per heavy atom. The molecule has 0 aliphatic heterocycles. The van der Waals surface area contributed by atoms with Crippen LogP contribution in [0.5, 0.6) is 0 Å². The number of rotatable bonds is 6. The molecular weight excluding hydrogens is 426 g/mol. The monoisotopic (exact) mass is 441 g/mol. The van der Waals surface area contributed by atoms with Gasteiger partial charge in [0, 0.05) is 35.8 Å². The second-order valence-electron chi connectivity index (χ2n) is 6.09. The number of nitrogens with zero attached hydrogens (tertiary/aromatic N) is 2. The molecule has 2 amide bonds. The molecule has 0 radical (unpaired) electrons. The number of hydrogen-bond acceptors (Lipinski definition) is 7. The second-order valence-corrected chi connectivity index (χ2v) is 7.77. The SMILES string of the molecule is O=C(NNC(=O)c1cccnc1)c1ccc(NS(=O)(=O)c2cccc([N+](=O)[O-])c2)cc1. The van der Waals surface area contributed by atoms with E-state index in [0.29, 0.717) is 0 Å². The van der Waals surface area contributed by atoms with Crippen molar-refractivity contribution in [3.05, 3.63) is 94.3 Å². The Balaban J connectivity index is 1.64. The zero-order valence-corrected chi connectivity index (χ0v) is 16.5. The highest BCUT2D eigenvalue weighted by atomic mass is 32.2. The van der Waals surface area contributed by atoms with E-state index in [1.54, 1.807) is 6.07 Å². The number of non-ortho nitro benzene ring substituents is 1. The lowest BCUT2D eigenvalue weighted by Crippen LogP contribution is -2.41. The predicted molar refractivity (Wildman–Crippen MR) is 110 cm³/mol. The van der Waals surface area contributed by atoms with Crippen LogP contribution in [0.3, 0.4) is 0 Å². The van der Waals surface area contributed by atoms with Crippen LogP contribution in [0.25, 0.3) is 0 Å². The number of benzene rings is 2. The first kappa shape index (κ1) is 21.4. The maximum Gasteiger partial charge on any atom is 0.271 e. The number of pyridine rings is 1. The Hall–Kier alpha value is -4.32. The molecule has 1 aromatic heterocycles. The summed E-state index contributed by atoms with van der Waals surface area (Å²) in [6.07, 6.45) is 2.84. The van der Waals surface area contributed by atoms with Crippen LogP contribution in [0.1, 0.15) is 20.7 Å². The fourth-order valence-corrected chi connectivity index (χ4v) is 3.52. The normalized spacial score (nSPS) is 10.7. The van der Waals surface area contributed by atoms with Crippen LogP contribution >= 0.6 is 0 Å². The molecule has 0 atom stereocenters. The third kappa shape index (κ3) is 5.39. The van der Waals surface area contributed by atoms with Crippen LogP contribution in [0.15, 0.2) is 78.0 Å². The largest absolute Gasteiger partial charge is 0.280 e. The number of hydrogen-bond donors (Lipinski definition) is 3. The van der Waals surface area contributed by atoms with Gasteiger partial charge in [-0.2, -0.15) is 0 Å². The number of nitro benzene ring substituents is 1. The minimum Gasteiger partial charge on any atom is -0.280 e. The van der Waals surface area contributed by atoms with Crippen molar-refractivity contribution in [2.24, 2.45) is 0 Å². The van der Waals surface area contributed by atoms with E-state index >= 15 is 0 Å². The van der Waals surface area contributed by atoms with E-state index in [1.165, 1.54) is 60.9 Å². The molecule has 3 rings (SSSR count). The fourth-order valence-electron chi connectivity index (χ4n) is 2.42. The molecule has 0 fully saturated rings. The number of carbonyl (C=O) groups is 2. The highest BCUT2D eigenvalue weighted by Crippen LogP contribution is 2.20. The van der Waals surface area contributed by atoms with Gasteiger partial charge in [-0.25, -0.2) is 8.42 Å². The van der Waals surface area contributed by atoms with Crippen molar-refractivity contribution in [1.29, 1.82) is 0 Å². The van der Waals surface area contributed by atoms with Gasteiger partial charge in [-0.3, -0.25) is 40.3 Å². The van der Waals surface area contributed by atoms with E-state index < -0.39 is 26.8 Å². The van der Waals surface area contributed by atoms with Gasteiger partial charge in [-0.1, -0.05) is 6.07 Å². The van der Waals surface area contributed by atoms with E-state index in [1.807, 2.05) is 0 Å². The quantitative estimate of drug-likeness (QED) is 0.389. The number of nitro groups is 1. The predicted octanol–water partition coefficient (Wildman–Crippen LogP) is 1.87. The minimum atomic E-state index is -4.07. The van der Waals surface area contributed by atoms with Crippen molar-refractivity contribution in [2.75, 3.05) is 4.72 Å². The third-order valence-corrected chi connectivity index (χ3v) is 5.33. The zero-order chi connectivity index (χ0) is 22.4. The van der Waals surface area contributed by atoms with Gasteiger partial charge in [0.05, 0.1) is 15.4 Å². The minimum absolute atomic E-state index is 0.141. The number of hydrazine groups is 1. The van der Waals surface area contributed by atoms with Crippen molar-refractivity contribution in [2.45, 2.75) is 4.90 Å². The first-order valence-electron chi connectivity index (χ1n) is 8.64. The summed E-state index contributed by atoms with van der Waals surface area (Å²) in [5.41, 5.74) is 4.68. The molecule has 0 saturated carbocycles. The Morgan fingerprint density at radius 3 is 2.19 bits per heavy atom. The topological polar surface area (TPSA) is 160 Å². The lowest BCUT2D eigenvalue weighted by atomic mass is 10.2. The molecule has 11 nitrogen and oxygen atoms in total. The van der Waals surface area contributed by atoms with Crippen molar-refractivity contribution in [3.63, 3.8) is 0 Å². The van der Waals surface area contributed by atoms with Crippen molar-refractivity contribution in [3.8, 4) is 0 Å². The van der Waals surface area contributed by atoms with Crippen molar-refractivity contribution < 1.29 is 22.9 Å². The molecule has 158 valence electrons. The molecule has 0 saturated heterocycles. The van der Waals surface area contributed by atoms with Gasteiger partial charge in [0.2, 0.25) is 0 Å². The number of aromatic nitrogens is 1. The van der Waals surface area contributed by atoms with Gasteiger partial charge in [0.1, 0.15) is 0 Å². The summed E-state index contributed by atoms with van der Waals surface area (Å²) in [4.78, 5) is 37.7. The summed E-state index contributed by atoms with van der Waals surface area (Å²) >= 11 is 0. The summed E-state index contributed by atoms with van der Waals surface area (Å²) in [5, 5.41) is 10.8. The zero-order valence-electron chi connectivity index (χ0n) is 15.7. The average Bonchev–Trinajstić information content (AvgIpc) is 2.78. The highest BCUT2D eigenvalue weighted by molar-refractivity contribution is 7.92. The van der Waals surface area contributed by atoms with E-state index in [2.05, 4.69) is 20.6 Å². The van der Waals surface area contributed by atoms with Gasteiger partial charge in [-0.05, 0) is 42.5 Å². The van der Waals surface area contributed by atoms with Crippen molar-refractivity contribution >= 4 is 33.2 Å². The molecule has 3 aromatic rings. The summed E-state index contributed by atoms with van der Waals surface area (Å²) in [6.45, 7) is 0. The standard InChI is InChI=1S/C19H15N5O6S/c25-18(21-22-19(26)14-3-2-10-20-12-14)13-6-8-15(9-7-13)23-31(29,30)17-5-1-4-16(11-17)24(27)28/h1-12,23H,(H,21,25)(H,22,26). The molecule has 0 bridgehead atoms. The van der Waals surface area contributed by atoms with Gasteiger partial charge in [-0.15, -0.1) is 0 Å². The number of nitrogens with one attached hydrogen (secondary N) is 3. The van der Waals surface area contributed by atoms with Gasteiger partial charge < -0.3 is 0 Å². The second kappa shape index (κ2) is 9.00.